The van der Waals surface area contributed by atoms with Gasteiger partial charge in [-0.1, -0.05) is 54.6 Å². The van der Waals surface area contributed by atoms with Crippen molar-refractivity contribution >= 4 is 33.1 Å². The normalized spacial score (nSPS) is 11.6. The first-order valence-electron chi connectivity index (χ1n) is 14.8. The van der Waals surface area contributed by atoms with Crippen LogP contribution in [0.3, 0.4) is 0 Å². The molecule has 0 saturated heterocycles. The lowest BCUT2D eigenvalue weighted by Gasteiger charge is -2.17. The Morgan fingerprint density at radius 2 is 1.09 bits per heavy atom. The molecule has 0 aliphatic carbocycles. The minimum absolute atomic E-state index is 0.842. The molecule has 0 atom stereocenters. The van der Waals surface area contributed by atoms with Crippen LogP contribution in [0.1, 0.15) is 0 Å². The van der Waals surface area contributed by atoms with Crippen LogP contribution >= 0.6 is 0 Å². The van der Waals surface area contributed by atoms with Gasteiger partial charge < -0.3 is 0 Å². The van der Waals surface area contributed by atoms with Crippen LogP contribution in [0.15, 0.2) is 152 Å². The second-order valence-corrected chi connectivity index (χ2v) is 11.0. The summed E-state index contributed by atoms with van der Waals surface area (Å²) in [4.78, 5) is 18.9. The quantitative estimate of drug-likeness (QED) is 0.205. The van der Waals surface area contributed by atoms with Crippen molar-refractivity contribution in [1.82, 2.24) is 33.6 Å². The lowest BCUT2D eigenvalue weighted by atomic mass is 10.0. The Balaban J connectivity index is 1.33. The molecule has 0 radical (unpaired) electrons. The van der Waals surface area contributed by atoms with Gasteiger partial charge in [-0.05, 0) is 78.4 Å². The first kappa shape index (κ1) is 25.2. The van der Waals surface area contributed by atoms with Crippen molar-refractivity contribution in [1.29, 1.82) is 0 Å². The fourth-order valence-corrected chi connectivity index (χ4v) is 6.23. The van der Waals surface area contributed by atoms with Crippen molar-refractivity contribution in [2.75, 3.05) is 0 Å². The summed E-state index contributed by atoms with van der Waals surface area (Å²) in [6, 6.07) is 43.9. The molecule has 9 rings (SSSR count). The number of aromatic nitrogens is 7. The van der Waals surface area contributed by atoms with Gasteiger partial charge in [0.25, 0.3) is 0 Å². The summed E-state index contributed by atoms with van der Waals surface area (Å²) in [5.41, 5.74) is 12.1. The smallest absolute Gasteiger partial charge is 0.147 e. The summed E-state index contributed by atoms with van der Waals surface area (Å²) in [5.74, 6) is 0.842. The predicted molar refractivity (Wildman–Crippen MR) is 179 cm³/mol. The van der Waals surface area contributed by atoms with Gasteiger partial charge >= 0.3 is 0 Å². The van der Waals surface area contributed by atoms with E-state index >= 15 is 0 Å². The summed E-state index contributed by atoms with van der Waals surface area (Å²) in [6.45, 7) is 0. The van der Waals surface area contributed by atoms with E-state index in [-0.39, 0.29) is 0 Å². The molecule has 5 aromatic carbocycles. The summed E-state index contributed by atoms with van der Waals surface area (Å²) >= 11 is 0. The monoisotopic (exact) mass is 579 g/mol. The lowest BCUT2D eigenvalue weighted by molar-refractivity contribution is 1.05. The zero-order chi connectivity index (χ0) is 29.7. The molecule has 0 saturated carbocycles. The lowest BCUT2D eigenvalue weighted by Crippen LogP contribution is -2.02. The first-order valence-corrected chi connectivity index (χ1v) is 14.8. The summed E-state index contributed by atoms with van der Waals surface area (Å²) in [6.07, 6.45) is 7.45. The summed E-state index contributed by atoms with van der Waals surface area (Å²) < 4.78 is 6.54. The Morgan fingerprint density at radius 1 is 0.489 bits per heavy atom. The van der Waals surface area contributed by atoms with Crippen LogP contribution in [-0.2, 0) is 0 Å². The Hall–Kier alpha value is -6.34. The zero-order valence-corrected chi connectivity index (χ0v) is 24.1. The Labute approximate surface area is 258 Å². The third-order valence-electron chi connectivity index (χ3n) is 8.30. The van der Waals surface area contributed by atoms with Crippen LogP contribution in [0.25, 0.3) is 72.7 Å². The number of pyridine rings is 1. The average Bonchev–Trinajstić information content (AvgIpc) is 3.84. The molecule has 0 unspecified atom stereocenters. The molecular formula is C38H25N7. The van der Waals surface area contributed by atoms with Crippen molar-refractivity contribution < 1.29 is 0 Å². The fourth-order valence-electron chi connectivity index (χ4n) is 6.23. The number of para-hydroxylation sites is 7. The number of fused-ring (bicyclic) bond motifs is 3. The van der Waals surface area contributed by atoms with Crippen molar-refractivity contribution in [2.45, 2.75) is 0 Å². The molecule has 0 amide bonds. The highest BCUT2D eigenvalue weighted by Crippen LogP contribution is 2.36. The maximum atomic E-state index is 5.08. The van der Waals surface area contributed by atoms with Crippen LogP contribution < -0.4 is 0 Å². The Morgan fingerprint density at radius 3 is 1.76 bits per heavy atom. The Kier molecular flexibility index (Phi) is 5.67. The molecule has 0 aliphatic rings. The van der Waals surface area contributed by atoms with Gasteiger partial charge in [0.15, 0.2) is 0 Å². The molecule has 0 aliphatic heterocycles. The molecule has 0 fully saturated rings. The second kappa shape index (κ2) is 10.1. The van der Waals surface area contributed by atoms with E-state index in [9.17, 15) is 0 Å². The third-order valence-corrected chi connectivity index (χ3v) is 8.30. The van der Waals surface area contributed by atoms with Crippen molar-refractivity contribution in [2.24, 2.45) is 0 Å². The molecule has 0 N–H and O–H groups in total. The van der Waals surface area contributed by atoms with Crippen molar-refractivity contribution in [3.63, 3.8) is 0 Å². The van der Waals surface area contributed by atoms with E-state index in [0.717, 1.165) is 72.7 Å². The van der Waals surface area contributed by atoms with Gasteiger partial charge in [0.05, 0.1) is 38.8 Å². The molecule has 7 nitrogen and oxygen atoms in total. The van der Waals surface area contributed by atoms with E-state index in [1.54, 1.807) is 6.20 Å². The highest BCUT2D eigenvalue weighted by Gasteiger charge is 2.19. The van der Waals surface area contributed by atoms with Gasteiger partial charge in [-0.2, -0.15) is 0 Å². The third kappa shape index (κ3) is 4.13. The standard InChI is InChI=1S/C38H25N7/c1-5-15-34(45-37-18-8-4-14-33(37)42-38(45)26-10-9-19-39-23-26)30(11-1)27-20-28(43-24-40-31-12-2-6-16-35(31)43)22-29(21-27)44-25-41-32-13-3-7-17-36(32)44/h1-25H. The topological polar surface area (TPSA) is 66.3 Å². The van der Waals surface area contributed by atoms with Gasteiger partial charge in [0.2, 0.25) is 0 Å². The molecule has 45 heavy (non-hydrogen) atoms. The van der Waals surface area contributed by atoms with Crippen LogP contribution in [0, 0.1) is 0 Å². The largest absolute Gasteiger partial charge is 0.299 e. The fraction of sp³-hybridized carbons (Fsp3) is 0. The van der Waals surface area contributed by atoms with Gasteiger partial charge in [0.1, 0.15) is 18.5 Å². The molecule has 4 aromatic heterocycles. The predicted octanol–water partition coefficient (Wildman–Crippen LogP) is 8.43. The molecule has 0 bridgehead atoms. The van der Waals surface area contributed by atoms with E-state index in [1.807, 2.05) is 67.4 Å². The van der Waals surface area contributed by atoms with Gasteiger partial charge in [-0.15, -0.1) is 0 Å². The number of benzene rings is 5. The van der Waals surface area contributed by atoms with Gasteiger partial charge in [-0.3, -0.25) is 18.7 Å². The maximum Gasteiger partial charge on any atom is 0.147 e. The highest BCUT2D eigenvalue weighted by molar-refractivity contribution is 5.88. The van der Waals surface area contributed by atoms with E-state index in [0.29, 0.717) is 0 Å². The Bertz CT molecular complexity index is 2410. The number of hydrogen-bond donors (Lipinski definition) is 0. The molecule has 212 valence electrons. The molecule has 4 heterocycles. The van der Waals surface area contributed by atoms with Crippen molar-refractivity contribution in [3.8, 4) is 39.6 Å². The van der Waals surface area contributed by atoms with Gasteiger partial charge in [-0.25, -0.2) is 15.0 Å². The first-order chi connectivity index (χ1) is 22.3. The average molecular weight is 580 g/mol. The SMILES string of the molecule is c1cncc(-c2nc3ccccc3n2-c2ccccc2-c2cc(-n3cnc4ccccc43)cc(-n3cnc4ccccc43)c2)c1. The minimum atomic E-state index is 0.842. The van der Waals surface area contributed by atoms with Crippen LogP contribution in [0.5, 0.6) is 0 Å². The van der Waals surface area contributed by atoms with E-state index in [2.05, 4.69) is 97.5 Å². The van der Waals surface area contributed by atoms with E-state index in [4.69, 9.17) is 15.0 Å². The second-order valence-electron chi connectivity index (χ2n) is 11.0. The number of nitrogens with zero attached hydrogens (tertiary/aromatic N) is 7. The van der Waals surface area contributed by atoms with E-state index in [1.165, 1.54) is 0 Å². The molecule has 9 aromatic rings. The van der Waals surface area contributed by atoms with Crippen LogP contribution in [-0.4, -0.2) is 33.6 Å². The number of hydrogen-bond acceptors (Lipinski definition) is 4. The number of rotatable bonds is 5. The molecule has 7 heteroatoms. The minimum Gasteiger partial charge on any atom is -0.299 e. The zero-order valence-electron chi connectivity index (χ0n) is 24.1. The maximum absolute atomic E-state index is 5.08. The molecule has 0 spiro atoms. The number of imidazole rings is 3. The van der Waals surface area contributed by atoms with Crippen LogP contribution in [0.4, 0.5) is 0 Å². The highest BCUT2D eigenvalue weighted by atomic mass is 15.1. The molecular weight excluding hydrogens is 554 g/mol. The summed E-state index contributed by atoms with van der Waals surface area (Å²) in [7, 11) is 0. The van der Waals surface area contributed by atoms with Gasteiger partial charge in [0, 0.05) is 34.9 Å². The van der Waals surface area contributed by atoms with Crippen LogP contribution in [0.2, 0.25) is 0 Å². The van der Waals surface area contributed by atoms with E-state index < -0.39 is 0 Å². The van der Waals surface area contributed by atoms with Crippen molar-refractivity contribution in [3.05, 3.63) is 152 Å². The summed E-state index contributed by atoms with van der Waals surface area (Å²) in [5, 5.41) is 0.